The van der Waals surface area contributed by atoms with Crippen molar-refractivity contribution < 1.29 is 15.0 Å². The predicted octanol–water partition coefficient (Wildman–Crippen LogP) is 1.32. The van der Waals surface area contributed by atoms with Crippen LogP contribution in [0.25, 0.3) is 6.08 Å². The van der Waals surface area contributed by atoms with Gasteiger partial charge in [0.25, 0.3) is 5.09 Å². The molecule has 1 aromatic rings. The van der Waals surface area contributed by atoms with Crippen molar-refractivity contribution in [2.45, 2.75) is 12.2 Å². The fourth-order valence-corrected chi connectivity index (χ4v) is 1.60. The van der Waals surface area contributed by atoms with E-state index >= 15 is 0 Å². The molecule has 0 saturated carbocycles. The van der Waals surface area contributed by atoms with Gasteiger partial charge in [0.15, 0.2) is 6.10 Å². The Labute approximate surface area is 85.7 Å². The molecule has 0 heterocycles. The Balaban J connectivity index is 2.29. The molecule has 1 N–H and O–H groups in total. The number of aliphatic hydroxyl groups excluding tert-OH is 1. The van der Waals surface area contributed by atoms with Crippen molar-refractivity contribution in [3.63, 3.8) is 0 Å². The fourth-order valence-electron chi connectivity index (χ4n) is 1.60. The van der Waals surface area contributed by atoms with Crippen LogP contribution in [-0.4, -0.2) is 16.3 Å². The molecule has 78 valence electrons. The highest BCUT2D eigenvalue weighted by Crippen LogP contribution is 2.29. The molecule has 0 bridgehead atoms. The number of benzene rings is 1. The monoisotopic (exact) mass is 207 g/mol. The van der Waals surface area contributed by atoms with Gasteiger partial charge in [0.1, 0.15) is 6.10 Å². The van der Waals surface area contributed by atoms with Gasteiger partial charge in [0.2, 0.25) is 0 Å². The summed E-state index contributed by atoms with van der Waals surface area (Å²) in [6, 6.07) is 7.16. The van der Waals surface area contributed by atoms with Crippen LogP contribution < -0.4 is 0 Å². The van der Waals surface area contributed by atoms with E-state index in [-0.39, 0.29) is 0 Å². The van der Waals surface area contributed by atoms with E-state index in [1.54, 1.807) is 18.2 Å². The summed E-state index contributed by atoms with van der Waals surface area (Å²) in [6.07, 6.45) is 1.28. The maximum atomic E-state index is 10.2. The second-order valence-corrected chi connectivity index (χ2v) is 3.23. The van der Waals surface area contributed by atoms with Crippen molar-refractivity contribution in [2.24, 2.45) is 0 Å². The molecular formula is C10H9NO4. The Hall–Kier alpha value is -1.88. The second-order valence-electron chi connectivity index (χ2n) is 3.23. The Bertz CT molecular complexity index is 416. The normalized spacial score (nSPS) is 23.3. The SMILES string of the molecule is O=[N+]([O-])OC1C=Cc2ccccc2C1O. The van der Waals surface area contributed by atoms with Crippen molar-refractivity contribution in [1.29, 1.82) is 0 Å². The standard InChI is InChI=1S/C10H9NO4/c12-10-8-4-2-1-3-7(8)5-6-9(10)15-11(13)14/h1-6,9-10,12H. The third kappa shape index (κ3) is 1.82. The predicted molar refractivity (Wildman–Crippen MR) is 52.3 cm³/mol. The summed E-state index contributed by atoms with van der Waals surface area (Å²) in [5.74, 6) is 0. The van der Waals surface area contributed by atoms with Gasteiger partial charge in [-0.3, -0.25) is 0 Å². The molecule has 5 nitrogen and oxygen atoms in total. The molecule has 1 aliphatic carbocycles. The first-order valence-electron chi connectivity index (χ1n) is 4.45. The molecule has 0 aliphatic heterocycles. The van der Waals surface area contributed by atoms with Crippen molar-refractivity contribution in [3.8, 4) is 0 Å². The summed E-state index contributed by atoms with van der Waals surface area (Å²) >= 11 is 0. The second kappa shape index (κ2) is 3.70. The number of aliphatic hydroxyl groups is 1. The van der Waals surface area contributed by atoms with Gasteiger partial charge in [0.05, 0.1) is 0 Å². The van der Waals surface area contributed by atoms with Crippen LogP contribution in [0.5, 0.6) is 0 Å². The first kappa shape index (κ1) is 9.67. The van der Waals surface area contributed by atoms with Gasteiger partial charge in [-0.2, -0.15) is 0 Å². The van der Waals surface area contributed by atoms with Gasteiger partial charge >= 0.3 is 0 Å². The van der Waals surface area contributed by atoms with E-state index in [0.717, 1.165) is 5.56 Å². The van der Waals surface area contributed by atoms with Gasteiger partial charge in [0, 0.05) is 0 Å². The van der Waals surface area contributed by atoms with Gasteiger partial charge in [-0.15, -0.1) is 10.1 Å². The average Bonchev–Trinajstić information content (AvgIpc) is 2.22. The maximum absolute atomic E-state index is 10.2. The third-order valence-corrected chi connectivity index (χ3v) is 2.30. The molecule has 5 heteroatoms. The zero-order chi connectivity index (χ0) is 10.8. The van der Waals surface area contributed by atoms with E-state index in [1.165, 1.54) is 6.08 Å². The summed E-state index contributed by atoms with van der Waals surface area (Å²) in [4.78, 5) is 14.5. The van der Waals surface area contributed by atoms with Crippen LogP contribution >= 0.6 is 0 Å². The number of hydrogen-bond donors (Lipinski definition) is 1. The molecule has 0 aromatic heterocycles. The number of fused-ring (bicyclic) bond motifs is 1. The highest BCUT2D eigenvalue weighted by molar-refractivity contribution is 5.58. The minimum Gasteiger partial charge on any atom is -0.386 e. The summed E-state index contributed by atoms with van der Waals surface area (Å²) in [7, 11) is 0. The zero-order valence-corrected chi connectivity index (χ0v) is 7.74. The Kier molecular flexibility index (Phi) is 2.39. The van der Waals surface area contributed by atoms with Gasteiger partial charge in [-0.1, -0.05) is 36.4 Å². The molecular weight excluding hydrogens is 198 g/mol. The minimum atomic E-state index is -0.989. The molecule has 2 atom stereocenters. The lowest BCUT2D eigenvalue weighted by Crippen LogP contribution is -2.25. The summed E-state index contributed by atoms with van der Waals surface area (Å²) in [5.41, 5.74) is 1.50. The molecule has 1 aromatic carbocycles. The quantitative estimate of drug-likeness (QED) is 0.586. The lowest BCUT2D eigenvalue weighted by atomic mass is 9.93. The van der Waals surface area contributed by atoms with Crippen LogP contribution in [0.4, 0.5) is 0 Å². The maximum Gasteiger partial charge on any atom is 0.295 e. The first-order chi connectivity index (χ1) is 7.18. The lowest BCUT2D eigenvalue weighted by molar-refractivity contribution is -0.767. The van der Waals surface area contributed by atoms with E-state index in [2.05, 4.69) is 4.84 Å². The molecule has 2 unspecified atom stereocenters. The van der Waals surface area contributed by atoms with Gasteiger partial charge in [-0.05, 0) is 11.1 Å². The topological polar surface area (TPSA) is 72.6 Å². The fraction of sp³-hybridized carbons (Fsp3) is 0.200. The Morgan fingerprint density at radius 2 is 2.13 bits per heavy atom. The molecule has 1 aliphatic rings. The van der Waals surface area contributed by atoms with Crippen LogP contribution in [0.3, 0.4) is 0 Å². The third-order valence-electron chi connectivity index (χ3n) is 2.30. The average molecular weight is 207 g/mol. The van der Waals surface area contributed by atoms with Crippen LogP contribution in [0.2, 0.25) is 0 Å². The van der Waals surface area contributed by atoms with E-state index in [9.17, 15) is 15.2 Å². The summed E-state index contributed by atoms with van der Waals surface area (Å²) < 4.78 is 0. The van der Waals surface area contributed by atoms with Crippen LogP contribution in [0, 0.1) is 10.1 Å². The van der Waals surface area contributed by atoms with Crippen molar-refractivity contribution in [1.82, 2.24) is 0 Å². The van der Waals surface area contributed by atoms with Gasteiger partial charge in [-0.25, -0.2) is 0 Å². The summed E-state index contributed by atoms with van der Waals surface area (Å²) in [5, 5.41) is 19.1. The Morgan fingerprint density at radius 1 is 1.40 bits per heavy atom. The van der Waals surface area contributed by atoms with Crippen molar-refractivity contribution in [3.05, 3.63) is 51.6 Å². The zero-order valence-electron chi connectivity index (χ0n) is 7.74. The van der Waals surface area contributed by atoms with E-state index in [1.807, 2.05) is 12.1 Å². The molecule has 0 spiro atoms. The number of hydrogen-bond acceptors (Lipinski definition) is 4. The Morgan fingerprint density at radius 3 is 2.87 bits per heavy atom. The van der Waals surface area contributed by atoms with Crippen LogP contribution in [-0.2, 0) is 4.84 Å². The minimum absolute atomic E-state index is 0.645. The largest absolute Gasteiger partial charge is 0.386 e. The molecule has 0 radical (unpaired) electrons. The number of rotatable bonds is 2. The molecule has 0 amide bonds. The molecule has 0 saturated heterocycles. The van der Waals surface area contributed by atoms with E-state index in [0.29, 0.717) is 5.56 Å². The highest BCUT2D eigenvalue weighted by Gasteiger charge is 2.26. The van der Waals surface area contributed by atoms with Crippen molar-refractivity contribution in [2.75, 3.05) is 0 Å². The lowest BCUT2D eigenvalue weighted by Gasteiger charge is -2.23. The smallest absolute Gasteiger partial charge is 0.295 e. The number of nitrogens with zero attached hydrogens (tertiary/aromatic N) is 1. The molecule has 0 fully saturated rings. The van der Waals surface area contributed by atoms with Crippen LogP contribution in [0.1, 0.15) is 17.2 Å². The summed E-state index contributed by atoms with van der Waals surface area (Å²) in [6.45, 7) is 0. The van der Waals surface area contributed by atoms with E-state index in [4.69, 9.17) is 0 Å². The van der Waals surface area contributed by atoms with Crippen LogP contribution in [0.15, 0.2) is 30.3 Å². The van der Waals surface area contributed by atoms with Crippen molar-refractivity contribution >= 4 is 6.08 Å². The first-order valence-corrected chi connectivity index (χ1v) is 4.45. The molecule has 15 heavy (non-hydrogen) atoms. The van der Waals surface area contributed by atoms with E-state index < -0.39 is 17.3 Å². The van der Waals surface area contributed by atoms with Gasteiger partial charge < -0.3 is 9.94 Å². The molecule has 2 rings (SSSR count). The highest BCUT2D eigenvalue weighted by atomic mass is 17.0.